The van der Waals surface area contributed by atoms with Gasteiger partial charge in [-0.05, 0) is 40.6 Å². The molecule has 0 fully saturated rings. The molecule has 0 spiro atoms. The maximum Gasteiger partial charge on any atom is 0.235 e. The van der Waals surface area contributed by atoms with Crippen LogP contribution in [0.15, 0.2) is 140 Å². The zero-order valence-corrected chi connectivity index (χ0v) is 24.3. The Kier molecular flexibility index (Phi) is 4.87. The van der Waals surface area contributed by atoms with Crippen molar-refractivity contribution in [2.75, 3.05) is 4.90 Å². The second-order valence-electron chi connectivity index (χ2n) is 11.4. The van der Waals surface area contributed by atoms with Gasteiger partial charge in [-0.2, -0.15) is 0 Å². The first kappa shape index (κ1) is 23.9. The summed E-state index contributed by atoms with van der Waals surface area (Å²) in [7, 11) is 0. The molecule has 0 bridgehead atoms. The summed E-state index contributed by atoms with van der Waals surface area (Å²) in [6, 6.07) is 50.0. The quantitative estimate of drug-likeness (QED) is 0.205. The monoisotopic (exact) mass is 577 g/mol. The number of anilines is 3. The van der Waals surface area contributed by atoms with Crippen LogP contribution in [-0.2, 0) is 0 Å². The Bertz CT molecular complexity index is 2630. The molecule has 0 radical (unpaired) electrons. The summed E-state index contributed by atoms with van der Waals surface area (Å²) in [6.07, 6.45) is 0. The number of para-hydroxylation sites is 1. The number of hydrogen-bond acceptors (Lipinski definition) is 4. The normalized spacial score (nSPS) is 12.5. The Morgan fingerprint density at radius 3 is 2.18 bits per heavy atom. The third kappa shape index (κ3) is 3.31. The summed E-state index contributed by atoms with van der Waals surface area (Å²) < 4.78 is 2.57. The van der Waals surface area contributed by atoms with Crippen molar-refractivity contribution < 1.29 is 0 Å². The number of rotatable bonds is 2. The van der Waals surface area contributed by atoms with Crippen molar-refractivity contribution in [3.63, 3.8) is 0 Å². The molecule has 4 heteroatoms. The third-order valence-corrected chi connectivity index (χ3v) is 10.1. The van der Waals surface area contributed by atoms with Gasteiger partial charge < -0.3 is 0 Å². The van der Waals surface area contributed by atoms with Gasteiger partial charge in [0.05, 0.1) is 22.6 Å². The first-order valence-electron chi connectivity index (χ1n) is 14.8. The van der Waals surface area contributed by atoms with Crippen LogP contribution in [0.2, 0.25) is 0 Å². The molecule has 1 aliphatic heterocycles. The average Bonchev–Trinajstić information content (AvgIpc) is 3.46. The van der Waals surface area contributed by atoms with E-state index < -0.39 is 0 Å². The van der Waals surface area contributed by atoms with Crippen molar-refractivity contribution in [1.82, 2.24) is 9.97 Å². The Balaban J connectivity index is 1.29. The molecule has 0 N–H and O–H groups in total. The smallest absolute Gasteiger partial charge is 0.235 e. The van der Waals surface area contributed by atoms with E-state index in [0.717, 1.165) is 33.5 Å². The topological polar surface area (TPSA) is 29.0 Å². The van der Waals surface area contributed by atoms with Crippen LogP contribution in [0.1, 0.15) is 0 Å². The minimum Gasteiger partial charge on any atom is -0.277 e. The number of fused-ring (bicyclic) bond motifs is 8. The SMILES string of the molecule is c1ccc2c3c(ccc2c1)-c1cccc2cccc(c12)N3c1nc(-c2ccc3c(c2)sc2ccccc23)c2ccccc2n1. The highest BCUT2D eigenvalue weighted by atomic mass is 32.1. The highest BCUT2D eigenvalue weighted by Gasteiger charge is 2.30. The second kappa shape index (κ2) is 8.96. The first-order valence-corrected chi connectivity index (χ1v) is 15.7. The van der Waals surface area contributed by atoms with Gasteiger partial charge in [-0.1, -0.05) is 115 Å². The van der Waals surface area contributed by atoms with E-state index in [1.54, 1.807) is 0 Å². The van der Waals surface area contributed by atoms with Crippen molar-refractivity contribution in [2.45, 2.75) is 0 Å². The Hall–Kier alpha value is -5.58. The maximum absolute atomic E-state index is 5.44. The summed E-state index contributed by atoms with van der Waals surface area (Å²) in [5.41, 5.74) is 7.62. The van der Waals surface area contributed by atoms with Crippen LogP contribution in [0.4, 0.5) is 17.3 Å². The zero-order valence-electron chi connectivity index (χ0n) is 23.5. The fourth-order valence-electron chi connectivity index (χ4n) is 7.03. The fourth-order valence-corrected chi connectivity index (χ4v) is 8.18. The highest BCUT2D eigenvalue weighted by molar-refractivity contribution is 7.25. The first-order chi connectivity index (χ1) is 21.8. The number of aromatic nitrogens is 2. The van der Waals surface area contributed by atoms with Crippen molar-refractivity contribution in [2.24, 2.45) is 0 Å². The largest absolute Gasteiger partial charge is 0.277 e. The van der Waals surface area contributed by atoms with Crippen molar-refractivity contribution in [1.29, 1.82) is 0 Å². The van der Waals surface area contributed by atoms with Crippen LogP contribution in [-0.4, -0.2) is 9.97 Å². The molecule has 3 heterocycles. The number of hydrogen-bond donors (Lipinski definition) is 0. The molecule has 7 aromatic carbocycles. The lowest BCUT2D eigenvalue weighted by Crippen LogP contribution is -2.18. The molecule has 1 aliphatic rings. The molecule has 9 aromatic rings. The maximum atomic E-state index is 5.44. The number of nitrogens with zero attached hydrogens (tertiary/aromatic N) is 3. The van der Waals surface area contributed by atoms with E-state index in [9.17, 15) is 0 Å². The fraction of sp³-hybridized carbons (Fsp3) is 0. The van der Waals surface area contributed by atoms with E-state index in [-0.39, 0.29) is 0 Å². The molecular weight excluding hydrogens is 555 g/mol. The van der Waals surface area contributed by atoms with E-state index in [4.69, 9.17) is 9.97 Å². The minimum atomic E-state index is 0.676. The second-order valence-corrected chi connectivity index (χ2v) is 12.5. The zero-order chi connectivity index (χ0) is 28.8. The lowest BCUT2D eigenvalue weighted by atomic mass is 9.89. The Labute approximate surface area is 257 Å². The van der Waals surface area contributed by atoms with Gasteiger partial charge in [0.1, 0.15) is 0 Å². The molecule has 2 aromatic heterocycles. The van der Waals surface area contributed by atoms with E-state index >= 15 is 0 Å². The van der Waals surface area contributed by atoms with Crippen LogP contribution < -0.4 is 4.90 Å². The molecule has 0 aliphatic carbocycles. The minimum absolute atomic E-state index is 0.676. The van der Waals surface area contributed by atoms with Gasteiger partial charge in [0.15, 0.2) is 0 Å². The van der Waals surface area contributed by atoms with Crippen LogP contribution in [0, 0.1) is 0 Å². The summed E-state index contributed by atoms with van der Waals surface area (Å²) in [4.78, 5) is 13.0. The van der Waals surface area contributed by atoms with Crippen LogP contribution >= 0.6 is 11.3 Å². The van der Waals surface area contributed by atoms with Gasteiger partial charge in [-0.15, -0.1) is 11.3 Å². The predicted octanol–water partition coefficient (Wildman–Crippen LogP) is 11.4. The highest BCUT2D eigenvalue weighted by Crippen LogP contribution is 2.53. The average molecular weight is 578 g/mol. The van der Waals surface area contributed by atoms with Gasteiger partial charge >= 0.3 is 0 Å². The molecule has 0 amide bonds. The van der Waals surface area contributed by atoms with Gasteiger partial charge in [-0.25, -0.2) is 9.97 Å². The molecule has 0 saturated heterocycles. The van der Waals surface area contributed by atoms with E-state index in [1.807, 2.05) is 11.3 Å². The molecular formula is C40H23N3S. The van der Waals surface area contributed by atoms with Crippen LogP contribution in [0.25, 0.3) is 75.0 Å². The molecule has 0 atom stereocenters. The third-order valence-electron chi connectivity index (χ3n) is 8.98. The molecule has 44 heavy (non-hydrogen) atoms. The number of thiophene rings is 1. The van der Waals surface area contributed by atoms with Gasteiger partial charge in [0.2, 0.25) is 5.95 Å². The summed E-state index contributed by atoms with van der Waals surface area (Å²) in [5.74, 6) is 0.676. The van der Waals surface area contributed by atoms with E-state index in [1.165, 1.54) is 52.8 Å². The van der Waals surface area contributed by atoms with Crippen LogP contribution in [0.3, 0.4) is 0 Å². The molecule has 204 valence electrons. The lowest BCUT2D eigenvalue weighted by Gasteiger charge is -2.33. The van der Waals surface area contributed by atoms with Gasteiger partial charge in [0.25, 0.3) is 0 Å². The summed E-state index contributed by atoms with van der Waals surface area (Å²) >= 11 is 1.84. The van der Waals surface area contributed by atoms with E-state index in [2.05, 4.69) is 144 Å². The van der Waals surface area contributed by atoms with Crippen molar-refractivity contribution >= 4 is 81.3 Å². The lowest BCUT2D eigenvalue weighted by molar-refractivity contribution is 1.12. The summed E-state index contributed by atoms with van der Waals surface area (Å²) in [5, 5.41) is 8.44. The van der Waals surface area contributed by atoms with Crippen molar-refractivity contribution in [3.05, 3.63) is 140 Å². The van der Waals surface area contributed by atoms with Crippen LogP contribution in [0.5, 0.6) is 0 Å². The molecule has 0 saturated carbocycles. The number of benzene rings is 7. The van der Waals surface area contributed by atoms with Gasteiger partial charge in [0, 0.05) is 47.5 Å². The molecule has 0 unspecified atom stereocenters. The standard InChI is InChI=1S/C40H23N3S/c1-2-12-27-24(9-1)19-22-31-30-15-7-10-25-11-8-17-34(37(25)30)43(39(27)31)40-41-33-16-5-3-14-32(33)38(42-40)26-20-21-29-28-13-4-6-18-35(28)44-36(29)23-26/h1-23H. The molecule has 3 nitrogen and oxygen atoms in total. The van der Waals surface area contributed by atoms with Gasteiger partial charge in [-0.3, -0.25) is 4.90 Å². The van der Waals surface area contributed by atoms with E-state index in [0.29, 0.717) is 5.95 Å². The Morgan fingerprint density at radius 2 is 1.25 bits per heavy atom. The van der Waals surface area contributed by atoms with Crippen molar-refractivity contribution in [3.8, 4) is 22.4 Å². The predicted molar refractivity (Wildman–Crippen MR) is 187 cm³/mol. The Morgan fingerprint density at radius 1 is 0.500 bits per heavy atom. The summed E-state index contributed by atoms with van der Waals surface area (Å²) in [6.45, 7) is 0. The molecule has 10 rings (SSSR count).